The van der Waals surface area contributed by atoms with Crippen molar-refractivity contribution in [2.45, 2.75) is 45.7 Å². The minimum absolute atomic E-state index is 0.229. The Morgan fingerprint density at radius 3 is 2.67 bits per heavy atom. The molecule has 0 bridgehead atoms. The van der Waals surface area contributed by atoms with Gasteiger partial charge in [0.1, 0.15) is 11.5 Å². The van der Waals surface area contributed by atoms with Gasteiger partial charge in [-0.05, 0) is 45.7 Å². The van der Waals surface area contributed by atoms with Crippen molar-refractivity contribution in [3.05, 3.63) is 23.7 Å². The molecule has 0 amide bonds. The van der Waals surface area contributed by atoms with Crippen LogP contribution in [0.2, 0.25) is 0 Å². The molecule has 0 aliphatic heterocycles. The zero-order valence-electron chi connectivity index (χ0n) is 9.79. The Kier molecular flexibility index (Phi) is 4.85. The molecule has 0 aromatic carbocycles. The molecule has 15 heavy (non-hydrogen) atoms. The Hall–Kier alpha value is -0.800. The molecule has 0 spiro atoms. The van der Waals surface area contributed by atoms with Gasteiger partial charge in [-0.2, -0.15) is 0 Å². The van der Waals surface area contributed by atoms with E-state index in [0.29, 0.717) is 6.04 Å². The van der Waals surface area contributed by atoms with Crippen molar-refractivity contribution in [1.29, 1.82) is 0 Å². The van der Waals surface area contributed by atoms with E-state index < -0.39 is 0 Å². The first-order chi connectivity index (χ1) is 7.13. The van der Waals surface area contributed by atoms with E-state index >= 15 is 0 Å². The van der Waals surface area contributed by atoms with Crippen LogP contribution in [0.15, 0.2) is 16.5 Å². The first-order valence-corrected chi connectivity index (χ1v) is 5.56. The molecule has 86 valence electrons. The molecule has 0 aliphatic rings. The molecule has 0 saturated carbocycles. The van der Waals surface area contributed by atoms with Gasteiger partial charge in [0.2, 0.25) is 0 Å². The van der Waals surface area contributed by atoms with Crippen LogP contribution in [-0.4, -0.2) is 17.8 Å². The highest BCUT2D eigenvalue weighted by Gasteiger charge is 2.11. The Morgan fingerprint density at radius 2 is 2.13 bits per heavy atom. The van der Waals surface area contributed by atoms with Crippen molar-refractivity contribution >= 4 is 0 Å². The number of nitrogens with one attached hydrogen (secondary N) is 1. The number of hydrogen-bond acceptors (Lipinski definition) is 3. The minimum Gasteiger partial charge on any atom is -0.465 e. The van der Waals surface area contributed by atoms with Gasteiger partial charge in [-0.1, -0.05) is 0 Å². The van der Waals surface area contributed by atoms with Crippen LogP contribution in [0.1, 0.15) is 44.3 Å². The van der Waals surface area contributed by atoms with Gasteiger partial charge in [0.25, 0.3) is 0 Å². The van der Waals surface area contributed by atoms with Gasteiger partial charge in [-0.3, -0.25) is 0 Å². The SMILES string of the molecule is Cc1ccc(C(C)NC(C)CCCO)o1. The molecule has 1 aromatic heterocycles. The molecule has 1 aromatic rings. The molecule has 0 aliphatic carbocycles. The molecular weight excluding hydrogens is 190 g/mol. The van der Waals surface area contributed by atoms with Gasteiger partial charge in [0, 0.05) is 12.6 Å². The summed E-state index contributed by atoms with van der Waals surface area (Å²) in [5.41, 5.74) is 0. The predicted octanol–water partition coefficient (Wildman–Crippen LogP) is 2.40. The van der Waals surface area contributed by atoms with Crippen molar-refractivity contribution in [1.82, 2.24) is 5.32 Å². The highest BCUT2D eigenvalue weighted by molar-refractivity contribution is 5.08. The molecule has 2 unspecified atom stereocenters. The molecule has 3 heteroatoms. The van der Waals surface area contributed by atoms with E-state index in [0.717, 1.165) is 24.4 Å². The summed E-state index contributed by atoms with van der Waals surface area (Å²) in [7, 11) is 0. The second-order valence-electron chi connectivity index (χ2n) is 4.10. The zero-order chi connectivity index (χ0) is 11.3. The quantitative estimate of drug-likeness (QED) is 0.759. The minimum atomic E-state index is 0.229. The average molecular weight is 211 g/mol. The fourth-order valence-electron chi connectivity index (χ4n) is 1.68. The number of furan rings is 1. The lowest BCUT2D eigenvalue weighted by atomic mass is 10.1. The molecule has 3 nitrogen and oxygen atoms in total. The van der Waals surface area contributed by atoms with Crippen LogP contribution in [0.25, 0.3) is 0 Å². The van der Waals surface area contributed by atoms with E-state index in [4.69, 9.17) is 9.52 Å². The van der Waals surface area contributed by atoms with Gasteiger partial charge in [0.15, 0.2) is 0 Å². The molecule has 1 heterocycles. The first kappa shape index (κ1) is 12.3. The maximum absolute atomic E-state index is 8.72. The van der Waals surface area contributed by atoms with E-state index in [1.807, 2.05) is 19.1 Å². The van der Waals surface area contributed by atoms with Crippen LogP contribution in [0, 0.1) is 6.92 Å². The lowest BCUT2D eigenvalue weighted by Gasteiger charge is -2.18. The normalized spacial score (nSPS) is 15.2. The van der Waals surface area contributed by atoms with Crippen LogP contribution in [0.5, 0.6) is 0 Å². The largest absolute Gasteiger partial charge is 0.465 e. The van der Waals surface area contributed by atoms with Crippen LogP contribution < -0.4 is 5.32 Å². The van der Waals surface area contributed by atoms with E-state index in [2.05, 4.69) is 19.2 Å². The number of aliphatic hydroxyl groups excluding tert-OH is 1. The second-order valence-corrected chi connectivity index (χ2v) is 4.10. The third-order valence-electron chi connectivity index (χ3n) is 2.52. The van der Waals surface area contributed by atoms with E-state index in [1.165, 1.54) is 0 Å². The van der Waals surface area contributed by atoms with Crippen LogP contribution in [0.4, 0.5) is 0 Å². The summed E-state index contributed by atoms with van der Waals surface area (Å²) in [4.78, 5) is 0. The first-order valence-electron chi connectivity index (χ1n) is 5.56. The lowest BCUT2D eigenvalue weighted by Crippen LogP contribution is -2.28. The van der Waals surface area contributed by atoms with Gasteiger partial charge in [-0.15, -0.1) is 0 Å². The van der Waals surface area contributed by atoms with Crippen molar-refractivity contribution in [2.75, 3.05) is 6.61 Å². The Bertz CT molecular complexity index is 283. The smallest absolute Gasteiger partial charge is 0.120 e. The molecule has 1 rings (SSSR count). The number of rotatable bonds is 6. The monoisotopic (exact) mass is 211 g/mol. The fraction of sp³-hybridized carbons (Fsp3) is 0.667. The molecular formula is C12H21NO2. The fourth-order valence-corrected chi connectivity index (χ4v) is 1.68. The lowest BCUT2D eigenvalue weighted by molar-refractivity contribution is 0.272. The summed E-state index contributed by atoms with van der Waals surface area (Å²) < 4.78 is 5.54. The van der Waals surface area contributed by atoms with Crippen LogP contribution in [-0.2, 0) is 0 Å². The summed E-state index contributed by atoms with van der Waals surface area (Å²) in [5, 5.41) is 12.2. The highest BCUT2D eigenvalue weighted by Crippen LogP contribution is 2.16. The standard InChI is InChI=1S/C12H21NO2/c1-9(5-4-8-14)13-11(3)12-7-6-10(2)15-12/h6-7,9,11,13-14H,4-5,8H2,1-3H3. The third kappa shape index (κ3) is 4.06. The van der Waals surface area contributed by atoms with E-state index in [1.54, 1.807) is 0 Å². The number of aryl methyl sites for hydroxylation is 1. The van der Waals surface area contributed by atoms with Gasteiger partial charge < -0.3 is 14.8 Å². The third-order valence-corrected chi connectivity index (χ3v) is 2.52. The summed E-state index contributed by atoms with van der Waals surface area (Å²) in [6.45, 7) is 6.43. The maximum Gasteiger partial charge on any atom is 0.120 e. The highest BCUT2D eigenvalue weighted by atomic mass is 16.3. The van der Waals surface area contributed by atoms with Gasteiger partial charge in [0.05, 0.1) is 6.04 Å². The Labute approximate surface area is 91.5 Å². The van der Waals surface area contributed by atoms with Gasteiger partial charge in [-0.25, -0.2) is 0 Å². The number of aliphatic hydroxyl groups is 1. The molecule has 0 radical (unpaired) electrons. The van der Waals surface area contributed by atoms with Crippen molar-refractivity contribution in [2.24, 2.45) is 0 Å². The molecule has 2 atom stereocenters. The molecule has 2 N–H and O–H groups in total. The van der Waals surface area contributed by atoms with E-state index in [9.17, 15) is 0 Å². The number of hydrogen-bond donors (Lipinski definition) is 2. The van der Waals surface area contributed by atoms with Crippen molar-refractivity contribution < 1.29 is 9.52 Å². The Balaban J connectivity index is 2.38. The zero-order valence-corrected chi connectivity index (χ0v) is 9.79. The van der Waals surface area contributed by atoms with Crippen molar-refractivity contribution in [3.8, 4) is 0 Å². The summed E-state index contributed by atoms with van der Waals surface area (Å²) in [5.74, 6) is 1.92. The second kappa shape index (κ2) is 5.93. The van der Waals surface area contributed by atoms with Crippen molar-refractivity contribution in [3.63, 3.8) is 0 Å². The van der Waals surface area contributed by atoms with Crippen LogP contribution >= 0.6 is 0 Å². The molecule has 0 saturated heterocycles. The van der Waals surface area contributed by atoms with Crippen LogP contribution in [0.3, 0.4) is 0 Å². The molecule has 0 fully saturated rings. The maximum atomic E-state index is 8.72. The Morgan fingerprint density at radius 1 is 1.40 bits per heavy atom. The van der Waals surface area contributed by atoms with E-state index in [-0.39, 0.29) is 12.6 Å². The average Bonchev–Trinajstić information content (AvgIpc) is 2.61. The summed E-state index contributed by atoms with van der Waals surface area (Å²) >= 11 is 0. The summed E-state index contributed by atoms with van der Waals surface area (Å²) in [6, 6.07) is 4.61. The van der Waals surface area contributed by atoms with Gasteiger partial charge >= 0.3 is 0 Å². The topological polar surface area (TPSA) is 45.4 Å². The summed E-state index contributed by atoms with van der Waals surface area (Å²) in [6.07, 6.45) is 1.83. The predicted molar refractivity (Wildman–Crippen MR) is 60.8 cm³/mol.